The lowest BCUT2D eigenvalue weighted by Gasteiger charge is -2.26. The summed E-state index contributed by atoms with van der Waals surface area (Å²) in [6, 6.07) is 23.9. The first-order valence-corrected chi connectivity index (χ1v) is 13.8. The smallest absolute Gasteiger partial charge is 0.394 e. The Labute approximate surface area is 225 Å². The van der Waals surface area contributed by atoms with E-state index >= 15 is 0 Å². The van der Waals surface area contributed by atoms with E-state index in [-0.39, 0.29) is 11.5 Å². The van der Waals surface area contributed by atoms with Gasteiger partial charge in [-0.05, 0) is 35.4 Å². The normalized spacial score (nSPS) is 14.4. The third-order valence-corrected chi connectivity index (χ3v) is 6.76. The summed E-state index contributed by atoms with van der Waals surface area (Å²) in [6.07, 6.45) is 2.19. The monoisotopic (exact) mass is 551 g/mol. The Morgan fingerprint density at radius 3 is 2.08 bits per heavy atom. The van der Waals surface area contributed by atoms with Crippen molar-refractivity contribution in [2.24, 2.45) is 0 Å². The van der Waals surface area contributed by atoms with E-state index in [9.17, 15) is 10.2 Å². The molecule has 3 aromatic carbocycles. The number of rotatable bonds is 5. The second-order valence-corrected chi connectivity index (χ2v) is 10.1. The Morgan fingerprint density at radius 1 is 0.769 bits per heavy atom. The number of para-hydroxylation sites is 2. The van der Waals surface area contributed by atoms with Gasteiger partial charge in [-0.25, -0.2) is 0 Å². The number of aromatic hydroxyl groups is 2. The van der Waals surface area contributed by atoms with Crippen LogP contribution in [0.2, 0.25) is 0 Å². The lowest BCUT2D eigenvalue weighted by Crippen LogP contribution is -2.38. The molecule has 1 saturated heterocycles. The Balaban J connectivity index is 0.000000567. The minimum atomic E-state index is -4.67. The zero-order valence-electron chi connectivity index (χ0n) is 21.0. The quantitative estimate of drug-likeness (QED) is 0.187. The van der Waals surface area contributed by atoms with Crippen LogP contribution in [-0.2, 0) is 21.7 Å². The van der Waals surface area contributed by atoms with Crippen LogP contribution in [0.3, 0.4) is 0 Å². The summed E-state index contributed by atoms with van der Waals surface area (Å²) in [6.45, 7) is 5.23. The predicted octanol–water partition coefficient (Wildman–Crippen LogP) is 4.32. The van der Waals surface area contributed by atoms with E-state index in [0.29, 0.717) is 0 Å². The number of ether oxygens (including phenoxy) is 1. The first-order chi connectivity index (χ1) is 18.7. The number of fused-ring (bicyclic) bond motifs is 3. The molecule has 4 N–H and O–H groups in total. The molecule has 0 saturated carbocycles. The van der Waals surface area contributed by atoms with Crippen molar-refractivity contribution in [3.63, 3.8) is 0 Å². The van der Waals surface area contributed by atoms with Crippen molar-refractivity contribution in [3.05, 3.63) is 79.0 Å². The molecule has 1 aliphatic heterocycles. The third-order valence-electron chi connectivity index (χ3n) is 6.76. The van der Waals surface area contributed by atoms with Gasteiger partial charge in [-0.2, -0.15) is 8.42 Å². The minimum absolute atomic E-state index is 0.117. The van der Waals surface area contributed by atoms with E-state index in [1.54, 1.807) is 12.1 Å². The zero-order chi connectivity index (χ0) is 27.6. The van der Waals surface area contributed by atoms with E-state index in [2.05, 4.69) is 56.5 Å². The molecule has 0 aliphatic carbocycles. The van der Waals surface area contributed by atoms with Crippen molar-refractivity contribution < 1.29 is 32.5 Å². The average molecular weight is 552 g/mol. The van der Waals surface area contributed by atoms with Crippen LogP contribution in [0.25, 0.3) is 38.9 Å². The molecule has 3 heterocycles. The van der Waals surface area contributed by atoms with Crippen molar-refractivity contribution in [2.75, 3.05) is 32.8 Å². The number of morpholine rings is 1. The fourth-order valence-corrected chi connectivity index (χ4v) is 5.05. The van der Waals surface area contributed by atoms with Crippen LogP contribution in [0.5, 0.6) is 11.5 Å². The van der Waals surface area contributed by atoms with Crippen LogP contribution in [0, 0.1) is 0 Å². The number of phenolic OH excluding ortho intramolecular Hbond substituents is 2. The Morgan fingerprint density at radius 2 is 1.41 bits per heavy atom. The Kier molecular flexibility index (Phi) is 7.60. The van der Waals surface area contributed by atoms with Gasteiger partial charge in [-0.15, -0.1) is 0 Å². The predicted molar refractivity (Wildman–Crippen MR) is 149 cm³/mol. The molecule has 0 amide bonds. The Hall–Kier alpha value is -3.87. The molecule has 0 radical (unpaired) electrons. The molecule has 39 heavy (non-hydrogen) atoms. The maximum absolute atomic E-state index is 10.3. The average Bonchev–Trinajstić information content (AvgIpc) is 3.44. The summed E-state index contributed by atoms with van der Waals surface area (Å²) in [5, 5.41) is 20.3. The maximum atomic E-state index is 10.3. The molecule has 1 aliphatic rings. The first-order valence-electron chi connectivity index (χ1n) is 12.4. The highest BCUT2D eigenvalue weighted by Crippen LogP contribution is 2.42. The van der Waals surface area contributed by atoms with Gasteiger partial charge in [0.25, 0.3) is 0 Å². The summed E-state index contributed by atoms with van der Waals surface area (Å²) in [5.41, 5.74) is 7.51. The summed E-state index contributed by atoms with van der Waals surface area (Å²) < 4.78 is 41.8. The van der Waals surface area contributed by atoms with E-state index in [1.165, 1.54) is 5.52 Å². The third kappa shape index (κ3) is 5.92. The number of aromatic nitrogens is 2. The molecule has 204 valence electrons. The second-order valence-electron chi connectivity index (χ2n) is 9.22. The van der Waals surface area contributed by atoms with Gasteiger partial charge in [-0.3, -0.25) is 18.4 Å². The summed E-state index contributed by atoms with van der Waals surface area (Å²) in [5.74, 6) is -0.236. The topological polar surface area (TPSA) is 137 Å². The highest BCUT2D eigenvalue weighted by molar-refractivity contribution is 7.79. The fraction of sp³-hybridized carbons (Fsp3) is 0.214. The molecule has 2 aromatic heterocycles. The molecule has 5 aromatic rings. The van der Waals surface area contributed by atoms with E-state index in [0.717, 1.165) is 72.8 Å². The van der Waals surface area contributed by atoms with Gasteiger partial charge >= 0.3 is 10.4 Å². The first kappa shape index (κ1) is 26.7. The number of imidazole rings is 1. The fourth-order valence-electron chi connectivity index (χ4n) is 5.05. The largest absolute Gasteiger partial charge is 0.504 e. The van der Waals surface area contributed by atoms with Gasteiger partial charge in [0.15, 0.2) is 11.5 Å². The van der Waals surface area contributed by atoms with Crippen molar-refractivity contribution in [2.45, 2.75) is 6.54 Å². The van der Waals surface area contributed by atoms with Crippen LogP contribution < -0.4 is 0 Å². The van der Waals surface area contributed by atoms with Crippen molar-refractivity contribution >= 4 is 27.1 Å². The highest BCUT2D eigenvalue weighted by atomic mass is 32.3. The molecule has 0 unspecified atom stereocenters. The number of nitrogens with zero attached hydrogens (tertiary/aromatic N) is 3. The van der Waals surface area contributed by atoms with Gasteiger partial charge < -0.3 is 19.5 Å². The lowest BCUT2D eigenvalue weighted by atomic mass is 9.98. The van der Waals surface area contributed by atoms with E-state index in [4.69, 9.17) is 22.3 Å². The Bertz CT molecular complexity index is 1700. The number of hydrogen-bond acceptors (Lipinski definition) is 6. The molecule has 0 atom stereocenters. The van der Waals surface area contributed by atoms with Crippen LogP contribution >= 0.6 is 0 Å². The number of benzene rings is 3. The summed E-state index contributed by atoms with van der Waals surface area (Å²) >= 11 is 0. The van der Waals surface area contributed by atoms with Crippen molar-refractivity contribution in [1.82, 2.24) is 13.9 Å². The molecule has 0 bridgehead atoms. The molecule has 1 fully saturated rings. The van der Waals surface area contributed by atoms with Crippen LogP contribution in [0.4, 0.5) is 0 Å². The van der Waals surface area contributed by atoms with Crippen molar-refractivity contribution in [3.8, 4) is 33.8 Å². The molecular weight excluding hydrogens is 522 g/mol. The summed E-state index contributed by atoms with van der Waals surface area (Å²) in [4.78, 5) is 2.45. The van der Waals surface area contributed by atoms with Gasteiger partial charge in [0.05, 0.1) is 24.2 Å². The molecule has 10 nitrogen and oxygen atoms in total. The second kappa shape index (κ2) is 11.1. The highest BCUT2D eigenvalue weighted by Gasteiger charge is 2.22. The molecule has 11 heteroatoms. The van der Waals surface area contributed by atoms with Gasteiger partial charge in [0.2, 0.25) is 0 Å². The standard InChI is InChI=1S/C28H27N3O3.H2O4S/c32-25-11-10-21(18-26(25)33)27-22(20-6-2-1-3-7-20)19-31-24-9-5-4-8-23(24)30(28(27)31)13-12-29-14-16-34-17-15-29;1-5(2,3)4/h1-11,18-19,32-33H,12-17H2;(H2,1,2,3,4). The molecule has 6 rings (SSSR count). The number of hydrogen-bond donors (Lipinski definition) is 4. The van der Waals surface area contributed by atoms with Crippen LogP contribution in [0.1, 0.15) is 0 Å². The van der Waals surface area contributed by atoms with E-state index in [1.807, 2.05) is 24.3 Å². The van der Waals surface area contributed by atoms with E-state index < -0.39 is 10.4 Å². The molecular formula is C28H29N3O7S. The van der Waals surface area contributed by atoms with Gasteiger partial charge in [0, 0.05) is 43.5 Å². The maximum Gasteiger partial charge on any atom is 0.394 e. The number of phenols is 2. The minimum Gasteiger partial charge on any atom is -0.504 e. The van der Waals surface area contributed by atoms with Gasteiger partial charge in [-0.1, -0.05) is 48.5 Å². The van der Waals surface area contributed by atoms with Crippen LogP contribution in [0.15, 0.2) is 79.0 Å². The lowest BCUT2D eigenvalue weighted by molar-refractivity contribution is 0.0366. The zero-order valence-corrected chi connectivity index (χ0v) is 21.8. The van der Waals surface area contributed by atoms with Gasteiger partial charge in [0.1, 0.15) is 5.65 Å². The van der Waals surface area contributed by atoms with Crippen LogP contribution in [-0.4, -0.2) is 74.5 Å². The molecule has 0 spiro atoms. The summed E-state index contributed by atoms with van der Waals surface area (Å²) in [7, 11) is -4.67. The SMILES string of the molecule is O=S(=O)(O)O.Oc1ccc(-c2c(-c3ccccc3)cn3c4ccccc4n(CCN4CCOCC4)c23)cc1O. The van der Waals surface area contributed by atoms with Crippen molar-refractivity contribution in [1.29, 1.82) is 0 Å².